The first-order chi connectivity index (χ1) is 8.12. The summed E-state index contributed by atoms with van der Waals surface area (Å²) in [5.74, 6) is -2.78. The molecule has 5 nitrogen and oxygen atoms in total. The first kappa shape index (κ1) is 14.6. The summed E-state index contributed by atoms with van der Waals surface area (Å²) in [5, 5.41) is 7.87. The molecule has 0 fully saturated rings. The van der Waals surface area contributed by atoms with E-state index in [0.717, 1.165) is 12.1 Å². The Morgan fingerprint density at radius 1 is 1.33 bits per heavy atom. The molecule has 18 heavy (non-hydrogen) atoms. The minimum atomic E-state index is -4.43. The molecule has 0 saturated heterocycles. The molecule has 1 rings (SSSR count). The van der Waals surface area contributed by atoms with Crippen molar-refractivity contribution in [1.29, 1.82) is 0 Å². The fraction of sp³-hybridized carbons (Fsp3) is 0.444. The van der Waals surface area contributed by atoms with Crippen molar-refractivity contribution in [2.24, 2.45) is 0 Å². The molecule has 0 unspecified atom stereocenters. The van der Waals surface area contributed by atoms with Crippen molar-refractivity contribution >= 4 is 15.8 Å². The van der Waals surface area contributed by atoms with Gasteiger partial charge in [0.15, 0.2) is 0 Å². The Kier molecular flexibility index (Phi) is 4.05. The Morgan fingerprint density at radius 2 is 1.94 bits per heavy atom. The highest BCUT2D eigenvalue weighted by Crippen LogP contribution is 2.23. The second kappa shape index (κ2) is 5.01. The Balaban J connectivity index is 2.71. The van der Waals surface area contributed by atoms with Crippen molar-refractivity contribution in [3.8, 4) is 0 Å². The zero-order valence-corrected chi connectivity index (χ0v) is 9.71. The third-order valence-electron chi connectivity index (χ3n) is 1.97. The van der Waals surface area contributed by atoms with Crippen LogP contribution in [-0.4, -0.2) is 31.4 Å². The van der Waals surface area contributed by atoms with E-state index in [9.17, 15) is 26.4 Å². The van der Waals surface area contributed by atoms with Crippen LogP contribution in [0.15, 0.2) is 21.6 Å². The lowest BCUT2D eigenvalue weighted by molar-refractivity contribution is -0.134. The molecule has 1 heterocycles. The number of furan rings is 1. The van der Waals surface area contributed by atoms with Gasteiger partial charge in [-0.25, -0.2) is 13.2 Å². The van der Waals surface area contributed by atoms with E-state index in [-0.39, 0.29) is 0 Å². The molecule has 9 heteroatoms. The Hall–Kier alpha value is -1.51. The molecule has 0 aliphatic carbocycles. The Labute approximate surface area is 100 Å². The molecule has 1 aromatic rings. The van der Waals surface area contributed by atoms with Gasteiger partial charge in [-0.2, -0.15) is 13.2 Å². The maximum absolute atomic E-state index is 11.8. The molecule has 0 aromatic carbocycles. The number of carboxylic acids is 1. The number of carboxylic acid groups (broad SMARTS) is 1. The van der Waals surface area contributed by atoms with E-state index >= 15 is 0 Å². The Morgan fingerprint density at radius 3 is 2.39 bits per heavy atom. The fourth-order valence-corrected chi connectivity index (χ4v) is 2.38. The zero-order valence-electron chi connectivity index (χ0n) is 8.90. The summed E-state index contributed by atoms with van der Waals surface area (Å²) in [4.78, 5) is 10.4. The number of rotatable bonds is 5. The molecular formula is C9H9F3O5S. The highest BCUT2D eigenvalue weighted by molar-refractivity contribution is 7.91. The molecule has 0 bridgehead atoms. The summed E-state index contributed by atoms with van der Waals surface area (Å²) in [6, 6.07) is 1.84. The third kappa shape index (κ3) is 4.06. The van der Waals surface area contributed by atoms with Crippen LogP contribution in [0.5, 0.6) is 0 Å². The number of hydrogen-bond acceptors (Lipinski definition) is 4. The van der Waals surface area contributed by atoms with Gasteiger partial charge in [-0.05, 0) is 18.6 Å². The van der Waals surface area contributed by atoms with Crippen LogP contribution in [0.2, 0.25) is 0 Å². The van der Waals surface area contributed by atoms with Crippen molar-refractivity contribution in [2.75, 3.05) is 5.75 Å². The van der Waals surface area contributed by atoms with Gasteiger partial charge in [0.25, 0.3) is 0 Å². The summed E-state index contributed by atoms with van der Waals surface area (Å²) in [7, 11) is -4.03. The van der Waals surface area contributed by atoms with Gasteiger partial charge in [0.2, 0.25) is 20.7 Å². The molecule has 0 aliphatic rings. The molecule has 1 N–H and O–H groups in total. The predicted molar refractivity (Wildman–Crippen MR) is 53.0 cm³/mol. The summed E-state index contributed by atoms with van der Waals surface area (Å²) in [6.45, 7) is 0. The maximum atomic E-state index is 11.8. The molecule has 0 spiro atoms. The fourth-order valence-electron chi connectivity index (χ4n) is 1.17. The van der Waals surface area contributed by atoms with Crippen molar-refractivity contribution in [2.45, 2.75) is 24.1 Å². The monoisotopic (exact) mass is 286 g/mol. The smallest absolute Gasteiger partial charge is 0.389 e. The van der Waals surface area contributed by atoms with Gasteiger partial charge in [0.05, 0.1) is 5.75 Å². The van der Waals surface area contributed by atoms with E-state index in [4.69, 9.17) is 5.11 Å². The van der Waals surface area contributed by atoms with Crippen LogP contribution in [0, 0.1) is 0 Å². The van der Waals surface area contributed by atoms with Crippen molar-refractivity contribution < 1.29 is 35.9 Å². The summed E-state index contributed by atoms with van der Waals surface area (Å²) in [6.07, 6.45) is -6.25. The maximum Gasteiger partial charge on any atom is 0.389 e. The molecule has 0 amide bonds. The van der Waals surface area contributed by atoms with E-state index in [1.807, 2.05) is 0 Å². The van der Waals surface area contributed by atoms with E-state index < -0.39 is 51.4 Å². The highest BCUT2D eigenvalue weighted by Gasteiger charge is 2.28. The third-order valence-corrected chi connectivity index (χ3v) is 3.63. The standard InChI is InChI=1S/C9H9F3O5S/c10-9(11,12)4-1-5-18(15,16)7-3-2-6(17-7)8(13)14/h2-3H,1,4-5H2,(H,13,14). The second-order valence-electron chi connectivity index (χ2n) is 3.46. The largest absolute Gasteiger partial charge is 0.475 e. The van der Waals surface area contributed by atoms with E-state index in [1.54, 1.807) is 0 Å². The SMILES string of the molecule is O=C(O)c1ccc(S(=O)(=O)CCCC(F)(F)F)o1. The topological polar surface area (TPSA) is 84.6 Å². The van der Waals surface area contributed by atoms with E-state index in [0.29, 0.717) is 0 Å². The van der Waals surface area contributed by atoms with Gasteiger partial charge in [-0.3, -0.25) is 0 Å². The lowest BCUT2D eigenvalue weighted by Gasteiger charge is -2.05. The molecule has 0 saturated carbocycles. The van der Waals surface area contributed by atoms with Crippen LogP contribution in [-0.2, 0) is 9.84 Å². The first-order valence-electron chi connectivity index (χ1n) is 4.74. The lowest BCUT2D eigenvalue weighted by Crippen LogP contribution is -2.12. The molecule has 0 aliphatic heterocycles. The quantitative estimate of drug-likeness (QED) is 0.895. The van der Waals surface area contributed by atoms with Gasteiger partial charge in [0, 0.05) is 6.42 Å². The second-order valence-corrected chi connectivity index (χ2v) is 5.50. The minimum absolute atomic E-state index is 0.579. The van der Waals surface area contributed by atoms with Crippen LogP contribution >= 0.6 is 0 Å². The average molecular weight is 286 g/mol. The summed E-state index contributed by atoms with van der Waals surface area (Å²) in [5.41, 5.74) is 0. The van der Waals surface area contributed by atoms with E-state index in [2.05, 4.69) is 4.42 Å². The summed E-state index contributed by atoms with van der Waals surface area (Å²) < 4.78 is 63.1. The number of aromatic carboxylic acids is 1. The van der Waals surface area contributed by atoms with Gasteiger partial charge in [-0.15, -0.1) is 0 Å². The van der Waals surface area contributed by atoms with Gasteiger partial charge in [0.1, 0.15) is 0 Å². The van der Waals surface area contributed by atoms with Crippen molar-refractivity contribution in [1.82, 2.24) is 0 Å². The summed E-state index contributed by atoms with van der Waals surface area (Å²) >= 11 is 0. The van der Waals surface area contributed by atoms with E-state index in [1.165, 1.54) is 0 Å². The van der Waals surface area contributed by atoms with Crippen LogP contribution in [0.1, 0.15) is 23.4 Å². The molecular weight excluding hydrogens is 277 g/mol. The molecule has 0 atom stereocenters. The number of carbonyl (C=O) groups is 1. The van der Waals surface area contributed by atoms with Crippen molar-refractivity contribution in [3.05, 3.63) is 17.9 Å². The first-order valence-corrected chi connectivity index (χ1v) is 6.40. The van der Waals surface area contributed by atoms with Crippen LogP contribution in [0.25, 0.3) is 0 Å². The minimum Gasteiger partial charge on any atom is -0.475 e. The zero-order chi connectivity index (χ0) is 14.0. The van der Waals surface area contributed by atoms with Gasteiger partial charge in [-0.1, -0.05) is 0 Å². The normalized spacial score (nSPS) is 12.6. The average Bonchev–Trinajstić information content (AvgIpc) is 2.63. The lowest BCUT2D eigenvalue weighted by atomic mass is 10.3. The molecule has 1 aromatic heterocycles. The number of halogens is 3. The van der Waals surface area contributed by atoms with Crippen LogP contribution in [0.3, 0.4) is 0 Å². The van der Waals surface area contributed by atoms with Gasteiger partial charge < -0.3 is 9.52 Å². The Bertz CT molecular complexity index is 529. The van der Waals surface area contributed by atoms with Crippen molar-refractivity contribution in [3.63, 3.8) is 0 Å². The number of hydrogen-bond donors (Lipinski definition) is 1. The molecule has 0 radical (unpaired) electrons. The number of alkyl halides is 3. The van der Waals surface area contributed by atoms with Gasteiger partial charge >= 0.3 is 12.1 Å². The van der Waals surface area contributed by atoms with Crippen LogP contribution < -0.4 is 0 Å². The molecule has 102 valence electrons. The number of sulfone groups is 1. The highest BCUT2D eigenvalue weighted by atomic mass is 32.2. The predicted octanol–water partition coefficient (Wildman–Crippen LogP) is 2.09. The van der Waals surface area contributed by atoms with Crippen LogP contribution in [0.4, 0.5) is 13.2 Å².